The first-order valence-electron chi connectivity index (χ1n) is 6.88. The number of carbonyl (C=O) groups excluding carboxylic acids is 1. The summed E-state index contributed by atoms with van der Waals surface area (Å²) >= 11 is 0. The van der Waals surface area contributed by atoms with Crippen molar-refractivity contribution in [3.8, 4) is 0 Å². The van der Waals surface area contributed by atoms with E-state index in [1.54, 1.807) is 19.3 Å². The fourth-order valence-corrected chi connectivity index (χ4v) is 2.13. The van der Waals surface area contributed by atoms with E-state index < -0.39 is 0 Å². The first-order chi connectivity index (χ1) is 9.70. The smallest absolute Gasteiger partial charge is 0.219 e. The van der Waals surface area contributed by atoms with Gasteiger partial charge in [-0.25, -0.2) is 4.99 Å². The Balaban J connectivity index is 1.95. The van der Waals surface area contributed by atoms with E-state index in [9.17, 15) is 4.79 Å². The Morgan fingerprint density at radius 2 is 2.10 bits per heavy atom. The van der Waals surface area contributed by atoms with Gasteiger partial charge in [-0.3, -0.25) is 4.79 Å². The van der Waals surface area contributed by atoms with Crippen molar-refractivity contribution in [2.75, 3.05) is 32.7 Å². The van der Waals surface area contributed by atoms with Crippen molar-refractivity contribution in [3.05, 3.63) is 18.0 Å². The Kier molecular flexibility index (Phi) is 4.97. The van der Waals surface area contributed by atoms with E-state index in [1.165, 1.54) is 0 Å². The molecule has 0 aliphatic carbocycles. The summed E-state index contributed by atoms with van der Waals surface area (Å²) in [6.07, 6.45) is 1.55. The number of nitrogens with zero attached hydrogens (tertiary/aromatic N) is 4. The van der Waals surface area contributed by atoms with Crippen LogP contribution >= 0.6 is 0 Å². The Hall–Kier alpha value is -2.05. The lowest BCUT2D eigenvalue weighted by atomic mass is 10.3. The van der Waals surface area contributed by atoms with Crippen molar-refractivity contribution in [2.45, 2.75) is 20.4 Å². The predicted octanol–water partition coefficient (Wildman–Crippen LogP) is 0.304. The SMILES string of the molecule is CCNC(=NCc1ccon1)N1CCN(C(C)=O)CC1. The van der Waals surface area contributed by atoms with Crippen LogP contribution in [0.1, 0.15) is 19.5 Å². The first-order valence-corrected chi connectivity index (χ1v) is 6.88. The third-order valence-electron chi connectivity index (χ3n) is 3.24. The van der Waals surface area contributed by atoms with Crippen LogP contribution in [0.2, 0.25) is 0 Å². The molecular formula is C13H21N5O2. The number of carbonyl (C=O) groups is 1. The highest BCUT2D eigenvalue weighted by molar-refractivity contribution is 5.80. The van der Waals surface area contributed by atoms with Gasteiger partial charge in [0.2, 0.25) is 5.91 Å². The number of aromatic nitrogens is 1. The molecule has 1 fully saturated rings. The van der Waals surface area contributed by atoms with E-state index in [2.05, 4.69) is 20.4 Å². The molecule has 2 heterocycles. The van der Waals surface area contributed by atoms with E-state index in [1.807, 2.05) is 11.8 Å². The van der Waals surface area contributed by atoms with Gasteiger partial charge in [0.1, 0.15) is 12.0 Å². The lowest BCUT2D eigenvalue weighted by Gasteiger charge is -2.36. The fourth-order valence-electron chi connectivity index (χ4n) is 2.13. The number of rotatable bonds is 3. The summed E-state index contributed by atoms with van der Waals surface area (Å²) in [5, 5.41) is 7.12. The number of hydrogen-bond acceptors (Lipinski definition) is 4. The molecule has 1 aliphatic rings. The summed E-state index contributed by atoms with van der Waals surface area (Å²) in [5.41, 5.74) is 0.808. The molecule has 0 atom stereocenters. The molecular weight excluding hydrogens is 258 g/mol. The van der Waals surface area contributed by atoms with Gasteiger partial charge in [-0.2, -0.15) is 0 Å². The average Bonchev–Trinajstić information content (AvgIpc) is 2.97. The van der Waals surface area contributed by atoms with Crippen molar-refractivity contribution < 1.29 is 9.32 Å². The molecule has 0 saturated carbocycles. The predicted molar refractivity (Wildman–Crippen MR) is 75.1 cm³/mol. The van der Waals surface area contributed by atoms with Gasteiger partial charge in [0, 0.05) is 45.7 Å². The molecule has 1 saturated heterocycles. The van der Waals surface area contributed by atoms with Crippen LogP contribution < -0.4 is 5.32 Å². The standard InChI is InChI=1S/C13H21N5O2/c1-3-14-13(15-10-12-4-9-20-16-12)18-7-5-17(6-8-18)11(2)19/h4,9H,3,5-8,10H2,1-2H3,(H,14,15). The molecule has 2 rings (SSSR count). The number of nitrogens with one attached hydrogen (secondary N) is 1. The van der Waals surface area contributed by atoms with Gasteiger partial charge in [-0.05, 0) is 6.92 Å². The third-order valence-corrected chi connectivity index (χ3v) is 3.24. The molecule has 110 valence electrons. The highest BCUT2D eigenvalue weighted by Crippen LogP contribution is 2.04. The molecule has 7 heteroatoms. The molecule has 1 aliphatic heterocycles. The summed E-state index contributed by atoms with van der Waals surface area (Å²) < 4.78 is 4.80. The molecule has 0 unspecified atom stereocenters. The van der Waals surface area contributed by atoms with E-state index in [-0.39, 0.29) is 5.91 Å². The Bertz CT molecular complexity index is 449. The normalized spacial score (nSPS) is 16.4. The van der Waals surface area contributed by atoms with Crippen LogP contribution in [0.5, 0.6) is 0 Å². The number of hydrogen-bond donors (Lipinski definition) is 1. The zero-order valence-corrected chi connectivity index (χ0v) is 12.0. The second-order valence-corrected chi connectivity index (χ2v) is 4.65. The molecule has 0 bridgehead atoms. The van der Waals surface area contributed by atoms with E-state index in [4.69, 9.17) is 4.52 Å². The van der Waals surface area contributed by atoms with Crippen LogP contribution in [0, 0.1) is 0 Å². The van der Waals surface area contributed by atoms with Crippen LogP contribution in [0.3, 0.4) is 0 Å². The highest BCUT2D eigenvalue weighted by atomic mass is 16.5. The number of aliphatic imine (C=N–C) groups is 1. The van der Waals surface area contributed by atoms with Crippen molar-refractivity contribution >= 4 is 11.9 Å². The Morgan fingerprint density at radius 1 is 1.40 bits per heavy atom. The van der Waals surface area contributed by atoms with Crippen LogP contribution in [-0.4, -0.2) is 59.5 Å². The maximum absolute atomic E-state index is 11.3. The lowest BCUT2D eigenvalue weighted by Crippen LogP contribution is -2.53. The van der Waals surface area contributed by atoms with Crippen molar-refractivity contribution in [1.82, 2.24) is 20.3 Å². The molecule has 0 aromatic carbocycles. The number of piperazine rings is 1. The minimum Gasteiger partial charge on any atom is -0.364 e. The summed E-state index contributed by atoms with van der Waals surface area (Å²) in [6.45, 7) is 8.02. The maximum atomic E-state index is 11.3. The Labute approximate surface area is 118 Å². The molecule has 20 heavy (non-hydrogen) atoms. The second-order valence-electron chi connectivity index (χ2n) is 4.65. The minimum absolute atomic E-state index is 0.134. The van der Waals surface area contributed by atoms with Gasteiger partial charge in [0.15, 0.2) is 5.96 Å². The van der Waals surface area contributed by atoms with E-state index >= 15 is 0 Å². The molecule has 1 aromatic rings. The van der Waals surface area contributed by atoms with Gasteiger partial charge < -0.3 is 19.6 Å². The quantitative estimate of drug-likeness (QED) is 0.636. The molecule has 0 spiro atoms. The van der Waals surface area contributed by atoms with E-state index in [0.29, 0.717) is 6.54 Å². The maximum Gasteiger partial charge on any atom is 0.219 e. The summed E-state index contributed by atoms with van der Waals surface area (Å²) in [7, 11) is 0. The van der Waals surface area contributed by atoms with Crippen molar-refractivity contribution in [1.29, 1.82) is 0 Å². The third kappa shape index (κ3) is 3.72. The second kappa shape index (κ2) is 6.93. The van der Waals surface area contributed by atoms with Gasteiger partial charge in [-0.15, -0.1) is 0 Å². The number of guanidine groups is 1. The van der Waals surface area contributed by atoms with Gasteiger partial charge in [0.25, 0.3) is 0 Å². The first kappa shape index (κ1) is 14.4. The van der Waals surface area contributed by atoms with Crippen molar-refractivity contribution in [3.63, 3.8) is 0 Å². The van der Waals surface area contributed by atoms with Crippen LogP contribution in [0.15, 0.2) is 21.8 Å². The topological polar surface area (TPSA) is 74.0 Å². The van der Waals surface area contributed by atoms with Crippen molar-refractivity contribution in [2.24, 2.45) is 4.99 Å². The molecule has 7 nitrogen and oxygen atoms in total. The highest BCUT2D eigenvalue weighted by Gasteiger charge is 2.20. The average molecular weight is 279 g/mol. The zero-order valence-electron chi connectivity index (χ0n) is 12.0. The molecule has 0 radical (unpaired) electrons. The largest absolute Gasteiger partial charge is 0.364 e. The molecule has 1 aromatic heterocycles. The summed E-state index contributed by atoms with van der Waals surface area (Å²) in [5.74, 6) is 0.993. The summed E-state index contributed by atoms with van der Waals surface area (Å²) in [4.78, 5) is 19.9. The van der Waals surface area contributed by atoms with Crippen LogP contribution in [-0.2, 0) is 11.3 Å². The molecule has 1 amide bonds. The summed E-state index contributed by atoms with van der Waals surface area (Å²) in [6, 6.07) is 1.81. The Morgan fingerprint density at radius 3 is 2.65 bits per heavy atom. The van der Waals surface area contributed by atoms with Crippen LogP contribution in [0.4, 0.5) is 0 Å². The van der Waals surface area contributed by atoms with Crippen LogP contribution in [0.25, 0.3) is 0 Å². The van der Waals surface area contributed by atoms with E-state index in [0.717, 1.165) is 44.4 Å². The van der Waals surface area contributed by atoms with Gasteiger partial charge in [-0.1, -0.05) is 5.16 Å². The lowest BCUT2D eigenvalue weighted by molar-refractivity contribution is -0.130. The minimum atomic E-state index is 0.134. The number of amides is 1. The van der Waals surface area contributed by atoms with Gasteiger partial charge >= 0.3 is 0 Å². The fraction of sp³-hybridized carbons (Fsp3) is 0.615. The molecule has 1 N–H and O–H groups in total. The van der Waals surface area contributed by atoms with Gasteiger partial charge in [0.05, 0.1) is 6.54 Å². The zero-order chi connectivity index (χ0) is 14.4. The monoisotopic (exact) mass is 279 g/mol.